The van der Waals surface area contributed by atoms with Gasteiger partial charge in [0.1, 0.15) is 5.84 Å². The van der Waals surface area contributed by atoms with Crippen LogP contribution in [-0.2, 0) is 0 Å². The third-order valence-electron chi connectivity index (χ3n) is 4.22. The summed E-state index contributed by atoms with van der Waals surface area (Å²) in [5.74, 6) is 0.613. The maximum Gasteiger partial charge on any atom is 0.261 e. The van der Waals surface area contributed by atoms with E-state index < -0.39 is 0 Å². The molecule has 1 heterocycles. The molecule has 4 rings (SSSR count). The first-order valence-electron chi connectivity index (χ1n) is 7.85. The van der Waals surface area contributed by atoms with Crippen molar-refractivity contribution in [3.63, 3.8) is 0 Å². The lowest BCUT2D eigenvalue weighted by atomic mass is 10.0. The Labute approximate surface area is 145 Å². The van der Waals surface area contributed by atoms with E-state index in [0.717, 1.165) is 22.2 Å². The van der Waals surface area contributed by atoms with E-state index in [1.54, 1.807) is 17.0 Å². The minimum absolute atomic E-state index is 0.107. The maximum absolute atomic E-state index is 12.9. The zero-order valence-electron chi connectivity index (χ0n) is 12.9. The van der Waals surface area contributed by atoms with Gasteiger partial charge in [0.15, 0.2) is 0 Å². The number of hydrogen-bond acceptors (Lipinski definition) is 2. The third kappa shape index (κ3) is 2.47. The second-order valence-electron chi connectivity index (χ2n) is 5.67. The monoisotopic (exact) mass is 334 g/mol. The first-order valence-corrected chi connectivity index (χ1v) is 8.22. The summed E-state index contributed by atoms with van der Waals surface area (Å²) in [4.78, 5) is 19.3. The molecule has 4 heteroatoms. The van der Waals surface area contributed by atoms with Crippen LogP contribution in [0, 0.1) is 0 Å². The molecule has 1 aliphatic rings. The molecule has 1 aliphatic heterocycles. The molecule has 118 valence electrons. The number of amidine groups is 1. The molecule has 0 spiro atoms. The molecule has 0 aromatic heterocycles. The van der Waals surface area contributed by atoms with Crippen LogP contribution in [0.5, 0.6) is 0 Å². The average molecular weight is 335 g/mol. The Morgan fingerprint density at radius 2 is 1.71 bits per heavy atom. The van der Waals surface area contributed by atoms with Crippen molar-refractivity contribution in [2.45, 2.75) is 0 Å². The highest BCUT2D eigenvalue weighted by Gasteiger charge is 2.27. The van der Waals surface area contributed by atoms with Crippen molar-refractivity contribution in [3.05, 3.63) is 82.9 Å². The van der Waals surface area contributed by atoms with E-state index in [0.29, 0.717) is 23.7 Å². The lowest BCUT2D eigenvalue weighted by molar-refractivity contribution is 0.0858. The van der Waals surface area contributed by atoms with Gasteiger partial charge >= 0.3 is 0 Å². The van der Waals surface area contributed by atoms with Crippen LogP contribution in [0.4, 0.5) is 0 Å². The minimum atomic E-state index is -0.107. The molecule has 1 amide bonds. The number of amides is 1. The molecular formula is C20H15ClN2O. The normalized spacial score (nSPS) is 14.0. The summed E-state index contributed by atoms with van der Waals surface area (Å²) in [6.45, 7) is 1.18. The molecule has 0 aliphatic carbocycles. The van der Waals surface area contributed by atoms with E-state index >= 15 is 0 Å². The highest BCUT2D eigenvalue weighted by molar-refractivity contribution is 6.34. The van der Waals surface area contributed by atoms with Gasteiger partial charge in [-0.25, -0.2) is 0 Å². The molecule has 0 N–H and O–H groups in total. The Kier molecular flexibility index (Phi) is 3.79. The Bertz CT molecular complexity index is 959. The van der Waals surface area contributed by atoms with Gasteiger partial charge in [0.2, 0.25) is 0 Å². The predicted molar refractivity (Wildman–Crippen MR) is 97.8 cm³/mol. The standard InChI is InChI=1S/C20H15ClN2O/c21-18-11-4-3-9-17(18)20(24)23-13-12-22-19(23)16-10-5-7-14-6-1-2-8-15(14)16/h1-11H,12-13H2. The first kappa shape index (κ1) is 14.9. The fourth-order valence-electron chi connectivity index (χ4n) is 3.08. The molecule has 0 unspecified atom stereocenters. The molecule has 3 nitrogen and oxygen atoms in total. The van der Waals surface area contributed by atoms with E-state index in [9.17, 15) is 4.79 Å². The highest BCUT2D eigenvalue weighted by Crippen LogP contribution is 2.25. The van der Waals surface area contributed by atoms with Crippen molar-refractivity contribution in [2.75, 3.05) is 13.1 Å². The van der Waals surface area contributed by atoms with Crippen molar-refractivity contribution in [1.82, 2.24) is 4.90 Å². The van der Waals surface area contributed by atoms with Crippen LogP contribution in [-0.4, -0.2) is 29.7 Å². The van der Waals surface area contributed by atoms with Gasteiger partial charge in [0.25, 0.3) is 5.91 Å². The molecule has 0 fully saturated rings. The largest absolute Gasteiger partial charge is 0.291 e. The number of halogens is 1. The summed E-state index contributed by atoms with van der Waals surface area (Å²) in [6, 6.07) is 21.3. The van der Waals surface area contributed by atoms with Crippen LogP contribution in [0.2, 0.25) is 5.02 Å². The smallest absolute Gasteiger partial charge is 0.261 e. The van der Waals surface area contributed by atoms with Crippen molar-refractivity contribution < 1.29 is 4.79 Å². The minimum Gasteiger partial charge on any atom is -0.291 e. The third-order valence-corrected chi connectivity index (χ3v) is 4.55. The van der Waals surface area contributed by atoms with Crippen molar-refractivity contribution in [3.8, 4) is 0 Å². The lowest BCUT2D eigenvalue weighted by Crippen LogP contribution is -2.35. The van der Waals surface area contributed by atoms with Crippen LogP contribution in [0.1, 0.15) is 15.9 Å². The summed E-state index contributed by atoms with van der Waals surface area (Å²) >= 11 is 6.20. The quantitative estimate of drug-likeness (QED) is 0.684. The molecule has 3 aromatic rings. The summed E-state index contributed by atoms with van der Waals surface area (Å²) in [6.07, 6.45) is 0. The number of fused-ring (bicyclic) bond motifs is 1. The summed E-state index contributed by atoms with van der Waals surface area (Å²) < 4.78 is 0. The molecule has 0 saturated heterocycles. The summed E-state index contributed by atoms with van der Waals surface area (Å²) in [7, 11) is 0. The van der Waals surface area contributed by atoms with E-state index in [2.05, 4.69) is 23.2 Å². The Morgan fingerprint density at radius 3 is 2.58 bits per heavy atom. The van der Waals surface area contributed by atoms with E-state index in [1.807, 2.05) is 36.4 Å². The van der Waals surface area contributed by atoms with Crippen LogP contribution in [0.25, 0.3) is 10.8 Å². The van der Waals surface area contributed by atoms with Gasteiger partial charge in [-0.05, 0) is 22.9 Å². The molecule has 0 radical (unpaired) electrons. The first-order chi connectivity index (χ1) is 11.8. The average Bonchev–Trinajstić information content (AvgIpc) is 3.10. The van der Waals surface area contributed by atoms with Crippen LogP contribution in [0.15, 0.2) is 71.7 Å². The Morgan fingerprint density at radius 1 is 0.958 bits per heavy atom. The molecule has 0 atom stereocenters. The summed E-state index contributed by atoms with van der Waals surface area (Å²) in [5.41, 5.74) is 1.49. The number of aliphatic imine (C=N–C) groups is 1. The second-order valence-corrected chi connectivity index (χ2v) is 6.08. The van der Waals surface area contributed by atoms with Gasteiger partial charge in [0, 0.05) is 12.1 Å². The van der Waals surface area contributed by atoms with E-state index in [-0.39, 0.29) is 5.91 Å². The van der Waals surface area contributed by atoms with Gasteiger partial charge < -0.3 is 0 Å². The number of hydrogen-bond donors (Lipinski definition) is 0. The SMILES string of the molecule is O=C(c1ccccc1Cl)N1CCN=C1c1cccc2ccccc12. The molecular weight excluding hydrogens is 320 g/mol. The van der Waals surface area contributed by atoms with Gasteiger partial charge in [-0.15, -0.1) is 0 Å². The number of benzene rings is 3. The van der Waals surface area contributed by atoms with Crippen LogP contribution < -0.4 is 0 Å². The molecule has 24 heavy (non-hydrogen) atoms. The van der Waals surface area contributed by atoms with Crippen molar-refractivity contribution in [1.29, 1.82) is 0 Å². The Hall–Kier alpha value is -2.65. The predicted octanol–water partition coefficient (Wildman–Crippen LogP) is 4.40. The van der Waals surface area contributed by atoms with E-state index in [4.69, 9.17) is 11.6 Å². The second kappa shape index (κ2) is 6.10. The highest BCUT2D eigenvalue weighted by atomic mass is 35.5. The van der Waals surface area contributed by atoms with E-state index in [1.165, 1.54) is 0 Å². The topological polar surface area (TPSA) is 32.7 Å². The number of rotatable bonds is 2. The van der Waals surface area contributed by atoms with Gasteiger partial charge in [-0.1, -0.05) is 66.2 Å². The number of nitrogens with zero attached hydrogens (tertiary/aromatic N) is 2. The van der Waals surface area contributed by atoms with Crippen LogP contribution >= 0.6 is 11.6 Å². The van der Waals surface area contributed by atoms with Gasteiger partial charge in [0.05, 0.1) is 17.1 Å². The fraction of sp³-hybridized carbons (Fsp3) is 0.100. The zero-order valence-corrected chi connectivity index (χ0v) is 13.7. The maximum atomic E-state index is 12.9. The Balaban J connectivity index is 1.78. The number of carbonyl (C=O) groups excluding carboxylic acids is 1. The fourth-order valence-corrected chi connectivity index (χ4v) is 3.29. The van der Waals surface area contributed by atoms with Crippen molar-refractivity contribution in [2.24, 2.45) is 4.99 Å². The van der Waals surface area contributed by atoms with Gasteiger partial charge in [-0.2, -0.15) is 0 Å². The molecule has 0 bridgehead atoms. The summed E-state index contributed by atoms with van der Waals surface area (Å²) in [5, 5.41) is 2.69. The van der Waals surface area contributed by atoms with Crippen molar-refractivity contribution >= 4 is 34.1 Å². The molecule has 3 aromatic carbocycles. The lowest BCUT2D eigenvalue weighted by Gasteiger charge is -2.20. The molecule has 0 saturated carbocycles. The van der Waals surface area contributed by atoms with Gasteiger partial charge in [-0.3, -0.25) is 14.7 Å². The zero-order chi connectivity index (χ0) is 16.5. The van der Waals surface area contributed by atoms with Crippen LogP contribution in [0.3, 0.4) is 0 Å². The number of carbonyl (C=O) groups is 1.